The third kappa shape index (κ3) is 4.55. The van der Waals surface area contributed by atoms with Gasteiger partial charge < -0.3 is 15.2 Å². The van der Waals surface area contributed by atoms with Gasteiger partial charge >= 0.3 is 6.18 Å². The van der Waals surface area contributed by atoms with Crippen LogP contribution in [0.15, 0.2) is 58.4 Å². The van der Waals surface area contributed by atoms with Gasteiger partial charge in [-0.15, -0.1) is 0 Å². The molecule has 4 nitrogen and oxygen atoms in total. The first-order valence-electron chi connectivity index (χ1n) is 8.55. The van der Waals surface area contributed by atoms with Gasteiger partial charge in [0.1, 0.15) is 5.75 Å². The molecular formula is C20H17ClF3NO3S. The molecule has 2 atom stereocenters. The Hall–Kier alpha value is -2.16. The fraction of sp³-hybridized carbons (Fsp3) is 0.250. The highest BCUT2D eigenvalue weighted by molar-refractivity contribution is 8.06. The number of benzene rings is 1. The molecule has 9 heteroatoms. The fourth-order valence-corrected chi connectivity index (χ4v) is 4.26. The Labute approximate surface area is 174 Å². The van der Waals surface area contributed by atoms with E-state index in [-0.39, 0.29) is 11.5 Å². The zero-order chi connectivity index (χ0) is 21.2. The molecule has 154 valence electrons. The summed E-state index contributed by atoms with van der Waals surface area (Å²) in [5, 5.41) is 13.6. The van der Waals surface area contributed by atoms with Crippen molar-refractivity contribution in [2.45, 2.75) is 12.2 Å². The molecule has 0 spiro atoms. The minimum absolute atomic E-state index is 0.213. The summed E-state index contributed by atoms with van der Waals surface area (Å²) in [5.41, 5.74) is 0.0401. The number of hydrogen-bond donors (Lipinski definition) is 2. The van der Waals surface area contributed by atoms with Gasteiger partial charge in [0.15, 0.2) is 0 Å². The third-order valence-electron chi connectivity index (χ3n) is 4.48. The van der Waals surface area contributed by atoms with E-state index in [1.165, 1.54) is 24.7 Å². The van der Waals surface area contributed by atoms with Crippen molar-refractivity contribution in [2.24, 2.45) is 5.92 Å². The van der Waals surface area contributed by atoms with E-state index in [0.29, 0.717) is 21.9 Å². The average molecular weight is 444 g/mol. The number of fused-ring (bicyclic) bond motifs is 1. The maximum atomic E-state index is 13.3. The number of rotatable bonds is 5. The van der Waals surface area contributed by atoms with E-state index in [0.717, 1.165) is 23.9 Å². The van der Waals surface area contributed by atoms with Gasteiger partial charge in [0.25, 0.3) is 5.91 Å². The number of carbonyl (C=O) groups is 1. The van der Waals surface area contributed by atoms with Gasteiger partial charge in [0, 0.05) is 16.5 Å². The molecule has 29 heavy (non-hydrogen) atoms. The van der Waals surface area contributed by atoms with E-state index in [1.54, 1.807) is 18.2 Å². The standard InChI is InChI=1S/C20H17ClF3NO3S/c1-28-16-6-4-12(21)10-14(16)17-13-9-11(20(22,23)24)3-5-15(13)25-19(27)18(17)29-8-2-7-26/h2-6,8-10,13,15,26H,7H2,1H3,(H,25,27). The van der Waals surface area contributed by atoms with Crippen LogP contribution in [-0.4, -0.2) is 36.9 Å². The van der Waals surface area contributed by atoms with Crippen molar-refractivity contribution < 1.29 is 27.8 Å². The lowest BCUT2D eigenvalue weighted by molar-refractivity contribution is -0.117. The van der Waals surface area contributed by atoms with Crippen LogP contribution in [0, 0.1) is 5.92 Å². The second-order valence-electron chi connectivity index (χ2n) is 6.26. The second-order valence-corrected chi connectivity index (χ2v) is 7.62. The van der Waals surface area contributed by atoms with Crippen LogP contribution >= 0.6 is 23.4 Å². The van der Waals surface area contributed by atoms with Crippen molar-refractivity contribution >= 4 is 34.8 Å². The summed E-state index contributed by atoms with van der Waals surface area (Å²) in [4.78, 5) is 13.0. The summed E-state index contributed by atoms with van der Waals surface area (Å²) in [6.45, 7) is -0.232. The Morgan fingerprint density at radius 1 is 1.38 bits per heavy atom. The Kier molecular flexibility index (Phi) is 6.45. The summed E-state index contributed by atoms with van der Waals surface area (Å²) in [5.74, 6) is -0.810. The monoisotopic (exact) mass is 443 g/mol. The molecule has 2 aliphatic rings. The summed E-state index contributed by atoms with van der Waals surface area (Å²) >= 11 is 7.15. The van der Waals surface area contributed by atoms with Gasteiger partial charge in [-0.3, -0.25) is 4.79 Å². The van der Waals surface area contributed by atoms with Crippen LogP contribution in [0.25, 0.3) is 5.57 Å². The van der Waals surface area contributed by atoms with Crippen molar-refractivity contribution in [3.8, 4) is 5.75 Å². The smallest absolute Gasteiger partial charge is 0.416 e. The first-order chi connectivity index (χ1) is 13.8. The molecule has 3 rings (SSSR count). The van der Waals surface area contributed by atoms with E-state index in [2.05, 4.69) is 5.32 Å². The molecule has 0 saturated carbocycles. The lowest BCUT2D eigenvalue weighted by Gasteiger charge is -2.35. The Morgan fingerprint density at radius 2 is 2.14 bits per heavy atom. The summed E-state index contributed by atoms with van der Waals surface area (Å²) < 4.78 is 45.4. The number of nitrogens with one attached hydrogen (secondary N) is 1. The Morgan fingerprint density at radius 3 is 2.79 bits per heavy atom. The molecule has 1 aromatic rings. The highest BCUT2D eigenvalue weighted by atomic mass is 35.5. The number of aliphatic hydroxyl groups excluding tert-OH is 1. The predicted octanol–water partition coefficient (Wildman–Crippen LogP) is 4.47. The number of methoxy groups -OCH3 is 1. The molecule has 1 heterocycles. The number of amides is 1. The van der Waals surface area contributed by atoms with Crippen LogP contribution in [-0.2, 0) is 4.79 Å². The van der Waals surface area contributed by atoms with Gasteiger partial charge in [0.05, 0.1) is 30.2 Å². The summed E-state index contributed by atoms with van der Waals surface area (Å²) in [6, 6.07) is 4.13. The fourth-order valence-electron chi connectivity index (χ4n) is 3.23. The molecule has 1 aromatic carbocycles. The highest BCUT2D eigenvalue weighted by Gasteiger charge is 2.41. The van der Waals surface area contributed by atoms with Gasteiger partial charge in [-0.1, -0.05) is 47.7 Å². The Balaban J connectivity index is 2.24. The van der Waals surface area contributed by atoms with E-state index in [4.69, 9.17) is 21.4 Å². The van der Waals surface area contributed by atoms with E-state index < -0.39 is 29.6 Å². The van der Waals surface area contributed by atoms with Crippen molar-refractivity contribution in [1.82, 2.24) is 5.32 Å². The maximum absolute atomic E-state index is 13.3. The molecule has 0 fully saturated rings. The Bertz CT molecular complexity index is 937. The van der Waals surface area contributed by atoms with E-state index in [1.807, 2.05) is 0 Å². The quantitative estimate of drug-likeness (QED) is 0.705. The molecule has 0 saturated heterocycles. The number of carbonyl (C=O) groups excluding carboxylic acids is 1. The lowest BCUT2D eigenvalue weighted by Crippen LogP contribution is -2.45. The van der Waals surface area contributed by atoms with Crippen molar-refractivity contribution in [1.29, 1.82) is 0 Å². The van der Waals surface area contributed by atoms with Crippen LogP contribution < -0.4 is 10.1 Å². The topological polar surface area (TPSA) is 58.6 Å². The largest absolute Gasteiger partial charge is 0.496 e. The molecule has 0 bridgehead atoms. The minimum atomic E-state index is -4.52. The van der Waals surface area contributed by atoms with E-state index in [9.17, 15) is 18.0 Å². The number of ether oxygens (including phenoxy) is 1. The van der Waals surface area contributed by atoms with Crippen LogP contribution in [0.3, 0.4) is 0 Å². The molecular weight excluding hydrogens is 427 g/mol. The number of aliphatic hydroxyl groups is 1. The van der Waals surface area contributed by atoms with Crippen LogP contribution in [0.2, 0.25) is 5.02 Å². The summed E-state index contributed by atoms with van der Waals surface area (Å²) in [7, 11) is 1.43. The van der Waals surface area contributed by atoms with Crippen LogP contribution in [0.4, 0.5) is 13.2 Å². The van der Waals surface area contributed by atoms with Crippen LogP contribution in [0.5, 0.6) is 5.75 Å². The van der Waals surface area contributed by atoms with Crippen molar-refractivity contribution in [3.05, 3.63) is 69.0 Å². The van der Waals surface area contributed by atoms with E-state index >= 15 is 0 Å². The normalized spacial score (nSPS) is 21.9. The van der Waals surface area contributed by atoms with Gasteiger partial charge in [-0.2, -0.15) is 13.2 Å². The van der Waals surface area contributed by atoms with Crippen molar-refractivity contribution in [3.63, 3.8) is 0 Å². The molecule has 0 aromatic heterocycles. The predicted molar refractivity (Wildman–Crippen MR) is 107 cm³/mol. The van der Waals surface area contributed by atoms with Gasteiger partial charge in [-0.05, 0) is 29.2 Å². The third-order valence-corrected chi connectivity index (χ3v) is 5.68. The maximum Gasteiger partial charge on any atom is 0.416 e. The SMILES string of the molecule is COc1ccc(Cl)cc1C1=C(SC=CCO)C(=O)NC2C=CC(C(F)(F)F)=CC12. The lowest BCUT2D eigenvalue weighted by atomic mass is 9.79. The molecule has 0 radical (unpaired) electrons. The number of allylic oxidation sites excluding steroid dienone is 2. The second kappa shape index (κ2) is 8.69. The zero-order valence-electron chi connectivity index (χ0n) is 15.2. The van der Waals surface area contributed by atoms with Gasteiger partial charge in [0.2, 0.25) is 0 Å². The van der Waals surface area contributed by atoms with Crippen molar-refractivity contribution in [2.75, 3.05) is 13.7 Å². The van der Waals surface area contributed by atoms with Crippen LogP contribution in [0.1, 0.15) is 5.56 Å². The minimum Gasteiger partial charge on any atom is -0.496 e. The molecule has 2 N–H and O–H groups in total. The summed E-state index contributed by atoms with van der Waals surface area (Å²) in [6.07, 6.45) is 0.333. The first-order valence-corrected chi connectivity index (χ1v) is 9.80. The molecule has 1 aliphatic carbocycles. The number of thioether (sulfide) groups is 1. The number of hydrogen-bond acceptors (Lipinski definition) is 4. The number of halogens is 4. The molecule has 2 unspecified atom stereocenters. The first kappa shape index (κ1) is 21.5. The highest BCUT2D eigenvalue weighted by Crippen LogP contribution is 2.46. The zero-order valence-corrected chi connectivity index (χ0v) is 16.7. The number of alkyl halides is 3. The molecule has 1 amide bonds. The van der Waals surface area contributed by atoms with Gasteiger partial charge in [-0.25, -0.2) is 0 Å². The average Bonchev–Trinajstić information content (AvgIpc) is 2.67. The molecule has 1 aliphatic heterocycles.